The highest BCUT2D eigenvalue weighted by Gasteiger charge is 1.93. The van der Waals surface area contributed by atoms with E-state index in [1.807, 2.05) is 0 Å². The fourth-order valence-electron chi connectivity index (χ4n) is 1.92. The average molecular weight is 329 g/mol. The second-order valence-electron chi connectivity index (χ2n) is 5.94. The number of hydrogen-bond donors (Lipinski definition) is 1. The van der Waals surface area contributed by atoms with Crippen molar-refractivity contribution < 1.29 is 5.11 Å². The molecule has 0 heterocycles. The predicted molar refractivity (Wildman–Crippen MR) is 109 cm³/mol. The van der Waals surface area contributed by atoms with Crippen LogP contribution in [0.25, 0.3) is 0 Å². The Labute approximate surface area is 149 Å². The SMILES string of the molecule is CC/C=C\C/C=C\C/C=C\C/C=C\C/C=C\C/C=C\CC(C)CO. The molecule has 1 atom stereocenters. The predicted octanol–water partition coefficient (Wildman–Crippen LogP) is 6.70. The maximum absolute atomic E-state index is 8.91. The summed E-state index contributed by atoms with van der Waals surface area (Å²) < 4.78 is 0. The Morgan fingerprint density at radius 1 is 0.583 bits per heavy atom. The van der Waals surface area contributed by atoms with Crippen molar-refractivity contribution in [3.8, 4) is 0 Å². The van der Waals surface area contributed by atoms with Crippen LogP contribution in [0.4, 0.5) is 0 Å². The van der Waals surface area contributed by atoms with Gasteiger partial charge in [-0.05, 0) is 50.9 Å². The van der Waals surface area contributed by atoms with Crippen LogP contribution in [0.2, 0.25) is 0 Å². The van der Waals surface area contributed by atoms with Crippen LogP contribution in [-0.2, 0) is 0 Å². The summed E-state index contributed by atoms with van der Waals surface area (Å²) in [6.45, 7) is 4.48. The van der Waals surface area contributed by atoms with Gasteiger partial charge in [0.25, 0.3) is 0 Å². The van der Waals surface area contributed by atoms with E-state index in [1.54, 1.807) is 0 Å². The Morgan fingerprint density at radius 3 is 1.25 bits per heavy atom. The van der Waals surface area contributed by atoms with Crippen LogP contribution in [0.15, 0.2) is 72.9 Å². The van der Waals surface area contributed by atoms with Crippen molar-refractivity contribution in [2.24, 2.45) is 5.92 Å². The topological polar surface area (TPSA) is 20.2 Å². The lowest BCUT2D eigenvalue weighted by atomic mass is 10.1. The first-order chi connectivity index (χ1) is 11.8. The molecule has 0 aliphatic heterocycles. The van der Waals surface area contributed by atoms with Gasteiger partial charge >= 0.3 is 0 Å². The quantitative estimate of drug-likeness (QED) is 0.352. The minimum absolute atomic E-state index is 0.270. The van der Waals surface area contributed by atoms with E-state index < -0.39 is 0 Å². The number of allylic oxidation sites excluding steroid dienone is 12. The molecule has 0 aliphatic rings. The van der Waals surface area contributed by atoms with Crippen molar-refractivity contribution in [3.63, 3.8) is 0 Å². The summed E-state index contributed by atoms with van der Waals surface area (Å²) in [5, 5.41) is 8.91. The first kappa shape index (κ1) is 22.4. The highest BCUT2D eigenvalue weighted by molar-refractivity contribution is 5.01. The Hall–Kier alpha value is -1.60. The molecule has 0 saturated carbocycles. The third-order valence-corrected chi connectivity index (χ3v) is 3.45. The van der Waals surface area contributed by atoms with E-state index in [1.165, 1.54) is 0 Å². The van der Waals surface area contributed by atoms with Gasteiger partial charge in [-0.3, -0.25) is 0 Å². The zero-order valence-corrected chi connectivity index (χ0v) is 15.6. The van der Waals surface area contributed by atoms with E-state index in [9.17, 15) is 0 Å². The summed E-state index contributed by atoms with van der Waals surface area (Å²) in [6.07, 6.45) is 33.6. The van der Waals surface area contributed by atoms with Gasteiger partial charge in [0.15, 0.2) is 0 Å². The molecule has 0 radical (unpaired) electrons. The summed E-state index contributed by atoms with van der Waals surface area (Å²) in [4.78, 5) is 0. The molecule has 1 N–H and O–H groups in total. The molecule has 0 bridgehead atoms. The molecule has 1 unspecified atom stereocenters. The molecule has 134 valence electrons. The van der Waals surface area contributed by atoms with Crippen molar-refractivity contribution in [2.75, 3.05) is 6.61 Å². The number of aliphatic hydroxyl groups is 1. The van der Waals surface area contributed by atoms with Crippen LogP contribution in [-0.4, -0.2) is 11.7 Å². The van der Waals surface area contributed by atoms with Crippen LogP contribution in [0.1, 0.15) is 58.8 Å². The van der Waals surface area contributed by atoms with Crippen LogP contribution >= 0.6 is 0 Å². The van der Waals surface area contributed by atoms with E-state index in [0.717, 1.165) is 44.9 Å². The first-order valence-corrected chi connectivity index (χ1v) is 9.32. The summed E-state index contributed by atoms with van der Waals surface area (Å²) in [5.74, 6) is 0.370. The highest BCUT2D eigenvalue weighted by Crippen LogP contribution is 2.02. The van der Waals surface area contributed by atoms with Crippen LogP contribution in [0.5, 0.6) is 0 Å². The highest BCUT2D eigenvalue weighted by atomic mass is 16.3. The summed E-state index contributed by atoms with van der Waals surface area (Å²) >= 11 is 0. The first-order valence-electron chi connectivity index (χ1n) is 9.32. The molecule has 1 heteroatoms. The van der Waals surface area contributed by atoms with Crippen molar-refractivity contribution >= 4 is 0 Å². The van der Waals surface area contributed by atoms with Crippen molar-refractivity contribution in [2.45, 2.75) is 58.8 Å². The Bertz CT molecular complexity index is 421. The molecule has 0 aromatic carbocycles. The molecule has 0 aliphatic carbocycles. The van der Waals surface area contributed by atoms with Crippen LogP contribution in [0, 0.1) is 5.92 Å². The maximum Gasteiger partial charge on any atom is 0.0459 e. The van der Waals surface area contributed by atoms with Crippen LogP contribution in [0.3, 0.4) is 0 Å². The fourth-order valence-corrected chi connectivity index (χ4v) is 1.92. The molecule has 0 fully saturated rings. The molecule has 0 spiro atoms. The second kappa shape index (κ2) is 19.4. The molecule has 0 saturated heterocycles. The third-order valence-electron chi connectivity index (χ3n) is 3.45. The smallest absolute Gasteiger partial charge is 0.0459 e. The molecule has 1 nitrogen and oxygen atoms in total. The molecular weight excluding hydrogens is 292 g/mol. The van der Waals surface area contributed by atoms with Gasteiger partial charge in [-0.25, -0.2) is 0 Å². The molecule has 0 amide bonds. The standard InChI is InChI=1S/C23H36O/c1-3-4-5-6-7-8-9-10-11-12-13-14-15-16-17-18-19-20-21-23(2)22-24/h4-5,7-8,10-11,13-14,16-17,19-20,23-24H,3,6,9,12,15,18,21-22H2,1-2H3/b5-4-,8-7-,11-10-,14-13-,17-16-,20-19-. The maximum atomic E-state index is 8.91. The van der Waals surface area contributed by atoms with E-state index in [4.69, 9.17) is 5.11 Å². The third kappa shape index (κ3) is 18.4. The molecule has 0 aromatic heterocycles. The molecule has 0 rings (SSSR count). The number of rotatable bonds is 14. The van der Waals surface area contributed by atoms with Gasteiger partial charge in [-0.1, -0.05) is 86.8 Å². The van der Waals surface area contributed by atoms with Gasteiger partial charge in [0.05, 0.1) is 0 Å². The van der Waals surface area contributed by atoms with Gasteiger partial charge in [0.1, 0.15) is 0 Å². The summed E-state index contributed by atoms with van der Waals surface area (Å²) in [6, 6.07) is 0. The van der Waals surface area contributed by atoms with E-state index in [2.05, 4.69) is 86.8 Å². The normalized spacial score (nSPS) is 14.6. The van der Waals surface area contributed by atoms with Gasteiger partial charge in [0, 0.05) is 6.61 Å². The number of hydrogen-bond acceptors (Lipinski definition) is 1. The molecule has 24 heavy (non-hydrogen) atoms. The van der Waals surface area contributed by atoms with E-state index >= 15 is 0 Å². The minimum Gasteiger partial charge on any atom is -0.396 e. The summed E-state index contributed by atoms with van der Waals surface area (Å²) in [5.41, 5.74) is 0. The lowest BCUT2D eigenvalue weighted by molar-refractivity contribution is 0.239. The Balaban J connectivity index is 3.53. The van der Waals surface area contributed by atoms with Crippen LogP contribution < -0.4 is 0 Å². The lowest BCUT2D eigenvalue weighted by Gasteiger charge is -2.00. The zero-order valence-electron chi connectivity index (χ0n) is 15.6. The van der Waals surface area contributed by atoms with E-state index in [-0.39, 0.29) is 6.61 Å². The van der Waals surface area contributed by atoms with Crippen molar-refractivity contribution in [3.05, 3.63) is 72.9 Å². The van der Waals surface area contributed by atoms with Gasteiger partial charge < -0.3 is 5.11 Å². The van der Waals surface area contributed by atoms with Gasteiger partial charge in [-0.15, -0.1) is 0 Å². The summed E-state index contributed by atoms with van der Waals surface area (Å²) in [7, 11) is 0. The van der Waals surface area contributed by atoms with Gasteiger partial charge in [-0.2, -0.15) is 0 Å². The molecule has 0 aromatic rings. The zero-order chi connectivity index (χ0) is 17.7. The Morgan fingerprint density at radius 2 is 0.917 bits per heavy atom. The van der Waals surface area contributed by atoms with E-state index in [0.29, 0.717) is 5.92 Å². The average Bonchev–Trinajstić information content (AvgIpc) is 2.60. The van der Waals surface area contributed by atoms with Crippen molar-refractivity contribution in [1.29, 1.82) is 0 Å². The second-order valence-corrected chi connectivity index (χ2v) is 5.94. The largest absolute Gasteiger partial charge is 0.396 e. The Kier molecular flexibility index (Phi) is 18.2. The number of aliphatic hydroxyl groups excluding tert-OH is 1. The monoisotopic (exact) mass is 328 g/mol. The van der Waals surface area contributed by atoms with Crippen molar-refractivity contribution in [1.82, 2.24) is 0 Å². The van der Waals surface area contributed by atoms with Gasteiger partial charge in [0.2, 0.25) is 0 Å². The lowest BCUT2D eigenvalue weighted by Crippen LogP contribution is -1.97. The fraction of sp³-hybridized carbons (Fsp3) is 0.478. The minimum atomic E-state index is 0.270. The molecular formula is C23H36O.